The maximum Gasteiger partial charge on any atom is 0.644 e. The third-order valence-corrected chi connectivity index (χ3v) is 10.2. The second-order valence-electron chi connectivity index (χ2n) is 5.16. The molecule has 1 N–H and O–H groups in total. The number of hydrogen-bond donors (Lipinski definition) is 1. The van der Waals surface area contributed by atoms with Gasteiger partial charge in [-0.15, -0.1) is 0 Å². The molecule has 0 radical (unpaired) electrons. The van der Waals surface area contributed by atoms with Gasteiger partial charge in [0.15, 0.2) is 16.6 Å². The summed E-state index contributed by atoms with van der Waals surface area (Å²) in [4.78, 5) is 10.1. The Morgan fingerprint density at radius 3 is 1.29 bits per heavy atom. The third kappa shape index (κ3) is 7.06. The van der Waals surface area contributed by atoms with Crippen LogP contribution in [0.3, 0.4) is 0 Å². The molecule has 0 aromatic rings. The van der Waals surface area contributed by atoms with Gasteiger partial charge in [0.25, 0.3) is 0 Å². The molecule has 0 aliphatic carbocycles. The van der Waals surface area contributed by atoms with Gasteiger partial charge in [-0.05, 0) is 39.3 Å². The molecule has 0 aliphatic heterocycles. The predicted octanol–water partition coefficient (Wildman–Crippen LogP) is 0.414. The van der Waals surface area contributed by atoms with Crippen molar-refractivity contribution in [2.24, 2.45) is 0 Å². The molecule has 14 heavy (non-hydrogen) atoms. The van der Waals surface area contributed by atoms with Crippen LogP contribution in [-0.4, -0.2) is 41.0 Å². The average Bonchev–Trinajstić information content (AvgIpc) is 1.78. The van der Waals surface area contributed by atoms with Crippen LogP contribution < -0.4 is 0 Å². The van der Waals surface area contributed by atoms with E-state index in [0.717, 1.165) is 0 Å². The van der Waals surface area contributed by atoms with Gasteiger partial charge in [-0.2, -0.15) is 0 Å². The molecule has 0 rings (SSSR count). The Morgan fingerprint density at radius 2 is 1.14 bits per heavy atom. The average molecular weight is 271 g/mol. The van der Waals surface area contributed by atoms with Crippen LogP contribution in [0.1, 0.15) is 0 Å². The lowest BCUT2D eigenvalue weighted by Crippen LogP contribution is -2.56. The van der Waals surface area contributed by atoms with Crippen LogP contribution in [0.25, 0.3) is 0 Å². The summed E-state index contributed by atoms with van der Waals surface area (Å²) >= 11 is 0. The summed E-state index contributed by atoms with van der Waals surface area (Å²) in [5, 5.41) is 0. The standard InChI is InChI=1S/C6H22O4Si4/c1-12(2,3)9-14(7,8-11)10-13(4,5)6/h7H,1-6,11H3. The minimum absolute atomic E-state index is 0.440. The zero-order valence-electron chi connectivity index (χ0n) is 10.2. The second-order valence-corrected chi connectivity index (χ2v) is 17.9. The van der Waals surface area contributed by atoms with Crippen LogP contribution in [0.5, 0.6) is 0 Å². The topological polar surface area (TPSA) is 47.9 Å². The Hall–Kier alpha value is 0.708. The molecule has 8 heteroatoms. The molecule has 0 saturated heterocycles. The Balaban J connectivity index is 4.49. The highest BCUT2D eigenvalue weighted by Gasteiger charge is 2.46. The Labute approximate surface area is 92.9 Å². The molecular formula is C6H22O4Si4. The quantitative estimate of drug-likeness (QED) is 0.736. The van der Waals surface area contributed by atoms with Crippen molar-refractivity contribution in [2.45, 2.75) is 39.3 Å². The van der Waals surface area contributed by atoms with E-state index in [2.05, 4.69) is 0 Å². The summed E-state index contributed by atoms with van der Waals surface area (Å²) in [6, 6.07) is 0. The molecule has 0 heterocycles. The second kappa shape index (κ2) is 4.70. The SMILES string of the molecule is C[Si](C)(C)O[Si](O)(O[SiH3])O[Si](C)(C)C. The van der Waals surface area contributed by atoms with E-state index in [4.69, 9.17) is 12.3 Å². The maximum atomic E-state index is 10.1. The molecule has 0 aromatic carbocycles. The monoisotopic (exact) mass is 270 g/mol. The van der Waals surface area contributed by atoms with Crippen molar-refractivity contribution in [1.29, 1.82) is 0 Å². The third-order valence-electron chi connectivity index (χ3n) is 1.13. The van der Waals surface area contributed by atoms with Gasteiger partial charge < -0.3 is 17.1 Å². The fourth-order valence-corrected chi connectivity index (χ4v) is 9.78. The maximum absolute atomic E-state index is 10.1. The van der Waals surface area contributed by atoms with Gasteiger partial charge in [-0.25, -0.2) is 0 Å². The van der Waals surface area contributed by atoms with E-state index < -0.39 is 25.7 Å². The van der Waals surface area contributed by atoms with E-state index in [1.54, 1.807) is 0 Å². The van der Waals surface area contributed by atoms with Gasteiger partial charge in [0.2, 0.25) is 0 Å². The van der Waals surface area contributed by atoms with Gasteiger partial charge >= 0.3 is 9.05 Å². The van der Waals surface area contributed by atoms with Crippen molar-refractivity contribution in [3.05, 3.63) is 0 Å². The normalized spacial score (nSPS) is 14.8. The van der Waals surface area contributed by atoms with Gasteiger partial charge in [0.05, 0.1) is 0 Å². The van der Waals surface area contributed by atoms with Crippen LogP contribution in [-0.2, 0) is 12.3 Å². The van der Waals surface area contributed by atoms with E-state index in [0.29, 0.717) is 10.5 Å². The summed E-state index contributed by atoms with van der Waals surface area (Å²) in [7, 11) is -6.48. The van der Waals surface area contributed by atoms with Gasteiger partial charge in [0.1, 0.15) is 10.5 Å². The van der Waals surface area contributed by atoms with Crippen LogP contribution in [0.15, 0.2) is 0 Å². The van der Waals surface area contributed by atoms with Crippen LogP contribution >= 0.6 is 0 Å². The van der Waals surface area contributed by atoms with Crippen LogP contribution in [0.2, 0.25) is 39.3 Å². The van der Waals surface area contributed by atoms with Crippen LogP contribution in [0, 0.1) is 0 Å². The number of rotatable bonds is 5. The van der Waals surface area contributed by atoms with Crippen LogP contribution in [0.4, 0.5) is 0 Å². The molecule has 86 valence electrons. The minimum Gasteiger partial charge on any atom is -0.404 e. The zero-order chi connectivity index (χ0) is 11.6. The lowest BCUT2D eigenvalue weighted by Gasteiger charge is -2.33. The largest absolute Gasteiger partial charge is 0.644 e. The Kier molecular flexibility index (Phi) is 4.93. The van der Waals surface area contributed by atoms with Gasteiger partial charge in [0, 0.05) is 0 Å². The van der Waals surface area contributed by atoms with Crippen molar-refractivity contribution in [2.75, 3.05) is 0 Å². The van der Waals surface area contributed by atoms with E-state index in [1.165, 1.54) is 0 Å². The first kappa shape index (κ1) is 14.7. The summed E-state index contributed by atoms with van der Waals surface area (Å²) in [6.45, 7) is 12.1. The summed E-state index contributed by atoms with van der Waals surface area (Å²) < 4.78 is 16.4. The molecular weight excluding hydrogens is 248 g/mol. The van der Waals surface area contributed by atoms with E-state index in [-0.39, 0.29) is 0 Å². The molecule has 0 spiro atoms. The summed E-state index contributed by atoms with van der Waals surface area (Å²) in [5.74, 6) is 0. The molecule has 0 unspecified atom stereocenters. The molecule has 0 amide bonds. The van der Waals surface area contributed by atoms with Crippen molar-refractivity contribution in [1.82, 2.24) is 0 Å². The lowest BCUT2D eigenvalue weighted by atomic mass is 11.8. The highest BCUT2D eigenvalue weighted by atomic mass is 28.5. The predicted molar refractivity (Wildman–Crippen MR) is 67.9 cm³/mol. The summed E-state index contributed by atoms with van der Waals surface area (Å²) in [6.07, 6.45) is 0. The fourth-order valence-electron chi connectivity index (χ4n) is 0.878. The molecule has 0 bridgehead atoms. The fraction of sp³-hybridized carbons (Fsp3) is 1.00. The van der Waals surface area contributed by atoms with Crippen molar-refractivity contribution >= 4 is 36.2 Å². The van der Waals surface area contributed by atoms with E-state index in [1.807, 2.05) is 39.3 Å². The highest BCUT2D eigenvalue weighted by molar-refractivity contribution is 6.83. The molecule has 0 atom stereocenters. The molecule has 0 fully saturated rings. The number of hydrogen-bond acceptors (Lipinski definition) is 4. The lowest BCUT2D eigenvalue weighted by molar-refractivity contribution is 0.150. The van der Waals surface area contributed by atoms with Crippen molar-refractivity contribution < 1.29 is 17.1 Å². The first-order chi connectivity index (χ1) is 5.97. The first-order valence-electron chi connectivity index (χ1n) is 4.65. The van der Waals surface area contributed by atoms with E-state index >= 15 is 0 Å². The minimum atomic E-state index is -3.31. The van der Waals surface area contributed by atoms with Gasteiger partial charge in [-0.1, -0.05) is 0 Å². The summed E-state index contributed by atoms with van der Waals surface area (Å²) in [5.41, 5.74) is 0. The Morgan fingerprint density at radius 1 is 0.857 bits per heavy atom. The Bertz CT molecular complexity index is 169. The molecule has 0 aromatic heterocycles. The first-order valence-corrected chi connectivity index (χ1v) is 14.0. The molecule has 0 saturated carbocycles. The molecule has 4 nitrogen and oxygen atoms in total. The molecule has 0 aliphatic rings. The van der Waals surface area contributed by atoms with Gasteiger partial charge in [-0.3, -0.25) is 0 Å². The highest BCUT2D eigenvalue weighted by Crippen LogP contribution is 2.18. The van der Waals surface area contributed by atoms with E-state index in [9.17, 15) is 4.80 Å². The van der Waals surface area contributed by atoms with Crippen molar-refractivity contribution in [3.8, 4) is 0 Å². The zero-order valence-corrected chi connectivity index (χ0v) is 15.2. The van der Waals surface area contributed by atoms with Crippen molar-refractivity contribution in [3.63, 3.8) is 0 Å². The smallest absolute Gasteiger partial charge is 0.404 e.